The fraction of sp³-hybridized carbons (Fsp3) is 0.444. The molecule has 128 valence electrons. The number of carbonyl (C=O) groups excluding carboxylic acids is 1. The van der Waals surface area contributed by atoms with E-state index in [0.717, 1.165) is 24.5 Å². The van der Waals surface area contributed by atoms with E-state index in [-0.39, 0.29) is 6.03 Å². The molecule has 2 aromatic rings. The molecule has 3 heterocycles. The lowest BCUT2D eigenvalue weighted by Crippen LogP contribution is -2.36. The van der Waals surface area contributed by atoms with E-state index in [2.05, 4.69) is 33.6 Å². The summed E-state index contributed by atoms with van der Waals surface area (Å²) in [6, 6.07) is 6.11. The van der Waals surface area contributed by atoms with Crippen molar-refractivity contribution in [3.05, 3.63) is 45.8 Å². The van der Waals surface area contributed by atoms with Crippen molar-refractivity contribution in [2.75, 3.05) is 25.0 Å². The molecule has 0 aliphatic carbocycles. The third-order valence-electron chi connectivity index (χ3n) is 4.38. The van der Waals surface area contributed by atoms with Crippen LogP contribution in [-0.4, -0.2) is 36.1 Å². The molecule has 0 radical (unpaired) electrons. The summed E-state index contributed by atoms with van der Waals surface area (Å²) in [6.07, 6.45) is 4.35. The first-order chi connectivity index (χ1) is 11.6. The van der Waals surface area contributed by atoms with Gasteiger partial charge in [0.15, 0.2) is 0 Å². The Morgan fingerprint density at radius 3 is 2.75 bits per heavy atom. The number of rotatable bonds is 5. The average molecular weight is 344 g/mol. The van der Waals surface area contributed by atoms with E-state index >= 15 is 0 Å². The molecule has 1 aliphatic heterocycles. The van der Waals surface area contributed by atoms with Crippen LogP contribution in [0.15, 0.2) is 29.8 Å². The lowest BCUT2D eigenvalue weighted by atomic mass is 10.2. The molecule has 1 N–H and O–H groups in total. The minimum absolute atomic E-state index is 0.0635. The van der Waals surface area contributed by atoms with Crippen LogP contribution in [0.1, 0.15) is 28.8 Å². The number of hydrogen-bond donors (Lipinski definition) is 1. The van der Waals surface area contributed by atoms with Crippen molar-refractivity contribution in [3.8, 4) is 0 Å². The molecule has 2 amide bonds. The number of amides is 2. The second-order valence-electron chi connectivity index (χ2n) is 6.26. The van der Waals surface area contributed by atoms with Crippen molar-refractivity contribution in [2.24, 2.45) is 0 Å². The zero-order valence-corrected chi connectivity index (χ0v) is 15.1. The highest BCUT2D eigenvalue weighted by atomic mass is 32.1. The van der Waals surface area contributed by atoms with Gasteiger partial charge in [-0.2, -0.15) is 0 Å². The van der Waals surface area contributed by atoms with Gasteiger partial charge >= 0.3 is 6.03 Å². The molecular formula is C18H24N4OS. The predicted octanol–water partition coefficient (Wildman–Crippen LogP) is 3.39. The normalized spacial score (nSPS) is 14.0. The van der Waals surface area contributed by atoms with Crippen LogP contribution in [0.3, 0.4) is 0 Å². The summed E-state index contributed by atoms with van der Waals surface area (Å²) >= 11 is 1.69. The number of thiophene rings is 1. The van der Waals surface area contributed by atoms with Gasteiger partial charge in [-0.05, 0) is 48.4 Å². The van der Waals surface area contributed by atoms with Gasteiger partial charge in [-0.3, -0.25) is 0 Å². The van der Waals surface area contributed by atoms with E-state index in [1.54, 1.807) is 16.2 Å². The highest BCUT2D eigenvalue weighted by Crippen LogP contribution is 2.18. The Bertz CT molecular complexity index is 677. The molecular weight excluding hydrogens is 320 g/mol. The topological polar surface area (TPSA) is 48.5 Å². The maximum atomic E-state index is 12.2. The number of aryl methyl sites for hydroxylation is 1. The Hall–Kier alpha value is -2.08. The molecule has 0 spiro atoms. The van der Waals surface area contributed by atoms with Crippen LogP contribution in [-0.2, 0) is 13.1 Å². The van der Waals surface area contributed by atoms with E-state index in [1.165, 1.54) is 23.3 Å². The predicted molar refractivity (Wildman–Crippen MR) is 98.4 cm³/mol. The number of hydrogen-bond acceptors (Lipinski definition) is 4. The smallest absolute Gasteiger partial charge is 0.317 e. The van der Waals surface area contributed by atoms with Crippen LogP contribution in [0.2, 0.25) is 0 Å². The van der Waals surface area contributed by atoms with Crippen LogP contribution < -0.4 is 10.2 Å². The van der Waals surface area contributed by atoms with Gasteiger partial charge in [0.1, 0.15) is 5.82 Å². The van der Waals surface area contributed by atoms with Gasteiger partial charge in [-0.15, -0.1) is 11.3 Å². The van der Waals surface area contributed by atoms with Gasteiger partial charge in [0.2, 0.25) is 0 Å². The highest BCUT2D eigenvalue weighted by Gasteiger charge is 2.14. The third kappa shape index (κ3) is 4.06. The van der Waals surface area contributed by atoms with Gasteiger partial charge in [-0.25, -0.2) is 9.78 Å². The number of carbonyl (C=O) groups is 1. The largest absolute Gasteiger partial charge is 0.357 e. The Morgan fingerprint density at radius 2 is 2.12 bits per heavy atom. The van der Waals surface area contributed by atoms with Crippen molar-refractivity contribution in [1.29, 1.82) is 0 Å². The molecule has 6 heteroatoms. The van der Waals surface area contributed by atoms with Gasteiger partial charge < -0.3 is 15.1 Å². The Kier molecular flexibility index (Phi) is 5.35. The van der Waals surface area contributed by atoms with Gasteiger partial charge in [0.05, 0.1) is 6.54 Å². The van der Waals surface area contributed by atoms with E-state index in [4.69, 9.17) is 0 Å². The molecule has 24 heavy (non-hydrogen) atoms. The molecule has 1 saturated heterocycles. The van der Waals surface area contributed by atoms with E-state index in [1.807, 2.05) is 25.4 Å². The standard InChI is InChI=1S/C18H24N4OS/c1-14-7-10-24-16(14)13-21(2)18(23)20-12-15-5-6-17(19-11-15)22-8-3-4-9-22/h5-7,10-11H,3-4,8-9,12-13H2,1-2H3,(H,20,23). The molecule has 2 aromatic heterocycles. The summed E-state index contributed by atoms with van der Waals surface area (Å²) in [6.45, 7) is 5.40. The first-order valence-corrected chi connectivity index (χ1v) is 9.23. The summed E-state index contributed by atoms with van der Waals surface area (Å²) < 4.78 is 0. The van der Waals surface area contributed by atoms with Crippen LogP contribution in [0, 0.1) is 6.92 Å². The van der Waals surface area contributed by atoms with Gasteiger partial charge in [-0.1, -0.05) is 6.07 Å². The Morgan fingerprint density at radius 1 is 1.33 bits per heavy atom. The minimum atomic E-state index is -0.0635. The molecule has 0 bridgehead atoms. The fourth-order valence-corrected chi connectivity index (χ4v) is 3.78. The van der Waals surface area contributed by atoms with Gasteiger partial charge in [0, 0.05) is 37.8 Å². The summed E-state index contributed by atoms with van der Waals surface area (Å²) in [5.74, 6) is 1.04. The maximum Gasteiger partial charge on any atom is 0.317 e. The monoisotopic (exact) mass is 344 g/mol. The summed E-state index contributed by atoms with van der Waals surface area (Å²) in [5, 5.41) is 5.02. The molecule has 1 aliphatic rings. The van der Waals surface area contributed by atoms with Crippen LogP contribution >= 0.6 is 11.3 Å². The first kappa shape index (κ1) is 16.8. The van der Waals surface area contributed by atoms with Crippen molar-refractivity contribution in [2.45, 2.75) is 32.9 Å². The van der Waals surface area contributed by atoms with Gasteiger partial charge in [0.25, 0.3) is 0 Å². The van der Waals surface area contributed by atoms with E-state index < -0.39 is 0 Å². The minimum Gasteiger partial charge on any atom is -0.357 e. The number of anilines is 1. The molecule has 0 atom stereocenters. The number of nitrogens with zero attached hydrogens (tertiary/aromatic N) is 3. The Balaban J connectivity index is 1.49. The second-order valence-corrected chi connectivity index (χ2v) is 7.26. The van der Waals surface area contributed by atoms with Crippen molar-refractivity contribution in [3.63, 3.8) is 0 Å². The fourth-order valence-electron chi connectivity index (χ4n) is 2.82. The molecule has 0 unspecified atom stereocenters. The molecule has 0 saturated carbocycles. The van der Waals surface area contributed by atoms with Crippen molar-refractivity contribution in [1.82, 2.24) is 15.2 Å². The molecule has 5 nitrogen and oxygen atoms in total. The quantitative estimate of drug-likeness (QED) is 0.904. The molecule has 0 aromatic carbocycles. The number of urea groups is 1. The van der Waals surface area contributed by atoms with E-state index in [9.17, 15) is 4.79 Å². The van der Waals surface area contributed by atoms with Crippen molar-refractivity contribution < 1.29 is 4.79 Å². The van der Waals surface area contributed by atoms with Crippen molar-refractivity contribution >= 4 is 23.2 Å². The second kappa shape index (κ2) is 7.66. The third-order valence-corrected chi connectivity index (χ3v) is 5.39. The Labute approximate surface area is 147 Å². The van der Waals surface area contributed by atoms with Crippen LogP contribution in [0.4, 0.5) is 10.6 Å². The molecule has 1 fully saturated rings. The number of pyridine rings is 1. The number of nitrogens with one attached hydrogen (secondary N) is 1. The number of aromatic nitrogens is 1. The lowest BCUT2D eigenvalue weighted by Gasteiger charge is -2.18. The lowest BCUT2D eigenvalue weighted by molar-refractivity contribution is 0.207. The zero-order valence-electron chi connectivity index (χ0n) is 14.3. The average Bonchev–Trinajstić information content (AvgIpc) is 3.26. The zero-order chi connectivity index (χ0) is 16.9. The maximum absolute atomic E-state index is 12.2. The van der Waals surface area contributed by atoms with Crippen LogP contribution in [0.25, 0.3) is 0 Å². The summed E-state index contributed by atoms with van der Waals surface area (Å²) in [5.41, 5.74) is 2.26. The SMILES string of the molecule is Cc1ccsc1CN(C)C(=O)NCc1ccc(N2CCCC2)nc1. The van der Waals surface area contributed by atoms with E-state index in [0.29, 0.717) is 13.1 Å². The summed E-state index contributed by atoms with van der Waals surface area (Å²) in [7, 11) is 1.82. The highest BCUT2D eigenvalue weighted by molar-refractivity contribution is 7.10. The summed E-state index contributed by atoms with van der Waals surface area (Å²) in [4.78, 5) is 22.0. The molecule has 3 rings (SSSR count). The van der Waals surface area contributed by atoms with Crippen LogP contribution in [0.5, 0.6) is 0 Å². The first-order valence-electron chi connectivity index (χ1n) is 8.35.